The zero-order chi connectivity index (χ0) is 4.28. The quantitative estimate of drug-likeness (QED) is 0.371. The highest BCUT2D eigenvalue weighted by molar-refractivity contribution is 5.63. The molecule has 0 fully saturated rings. The van der Waals surface area contributed by atoms with Crippen LogP contribution in [0.3, 0.4) is 0 Å². The van der Waals surface area contributed by atoms with Gasteiger partial charge in [-0.2, -0.15) is 0 Å². The second kappa shape index (κ2) is 1.58. The molecule has 30 valence electrons. The van der Waals surface area contributed by atoms with E-state index >= 15 is 0 Å². The third-order valence-electron chi connectivity index (χ3n) is 0.227. The van der Waals surface area contributed by atoms with E-state index in [-0.39, 0.29) is 0 Å². The van der Waals surface area contributed by atoms with Gasteiger partial charge in [-0.3, -0.25) is 5.32 Å². The van der Waals surface area contributed by atoms with Gasteiger partial charge >= 0.3 is 6.09 Å². The SMILES string of the molecule is CNC(=O)[OH2+]. The number of hydrogen-bond acceptors (Lipinski definition) is 1. The summed E-state index contributed by atoms with van der Waals surface area (Å²) in [5.74, 6) is 0. The second-order valence-corrected chi connectivity index (χ2v) is 0.579. The van der Waals surface area contributed by atoms with Crippen molar-refractivity contribution in [3.8, 4) is 0 Å². The fraction of sp³-hybridized carbons (Fsp3) is 0.500. The molecule has 0 bridgehead atoms. The van der Waals surface area contributed by atoms with Gasteiger partial charge in [0, 0.05) is 7.05 Å². The van der Waals surface area contributed by atoms with Crippen LogP contribution >= 0.6 is 0 Å². The van der Waals surface area contributed by atoms with Crippen molar-refractivity contribution in [3.63, 3.8) is 0 Å². The summed E-state index contributed by atoms with van der Waals surface area (Å²) in [6.07, 6.45) is -0.745. The molecule has 0 aliphatic rings. The van der Waals surface area contributed by atoms with E-state index in [2.05, 4.69) is 5.32 Å². The molecule has 5 heavy (non-hydrogen) atoms. The molecule has 0 radical (unpaired) electrons. The standard InChI is InChI=1S/C2H5NO2/c1-3-2(4)5/h3H,1H3,(H,4,5)/p+1. The Balaban J connectivity index is 2.85. The van der Waals surface area contributed by atoms with Crippen molar-refractivity contribution in [2.45, 2.75) is 0 Å². The highest BCUT2D eigenvalue weighted by Gasteiger charge is 1.91. The van der Waals surface area contributed by atoms with E-state index in [0.717, 1.165) is 0 Å². The Morgan fingerprint density at radius 1 is 2.00 bits per heavy atom. The molecule has 0 aliphatic heterocycles. The predicted octanol–water partition coefficient (Wildman–Crippen LogP) is -0.950. The van der Waals surface area contributed by atoms with Gasteiger partial charge in [0.05, 0.1) is 4.79 Å². The fourth-order valence-corrected chi connectivity index (χ4v) is 0. The molecular formula is C2H6NO2+. The van der Waals surface area contributed by atoms with E-state index in [4.69, 9.17) is 5.11 Å². The van der Waals surface area contributed by atoms with Crippen LogP contribution in [0.5, 0.6) is 0 Å². The van der Waals surface area contributed by atoms with E-state index in [1.54, 1.807) is 0 Å². The summed E-state index contributed by atoms with van der Waals surface area (Å²) in [4.78, 5) is 9.37. The van der Waals surface area contributed by atoms with Crippen molar-refractivity contribution in [2.75, 3.05) is 7.05 Å². The lowest BCUT2D eigenvalue weighted by molar-refractivity contribution is 0.197. The predicted molar refractivity (Wildman–Crippen MR) is 18.1 cm³/mol. The van der Waals surface area contributed by atoms with Crippen molar-refractivity contribution in [2.24, 2.45) is 0 Å². The summed E-state index contributed by atoms with van der Waals surface area (Å²) >= 11 is 0. The first kappa shape index (κ1) is 4.27. The van der Waals surface area contributed by atoms with Crippen LogP contribution in [0.15, 0.2) is 0 Å². The maximum atomic E-state index is 9.37. The first-order chi connectivity index (χ1) is 2.27. The van der Waals surface area contributed by atoms with E-state index in [1.807, 2.05) is 0 Å². The normalized spacial score (nSPS) is 6.60. The zero-order valence-corrected chi connectivity index (χ0v) is 2.91. The Morgan fingerprint density at radius 2 is 2.20 bits per heavy atom. The number of amides is 1. The molecule has 3 heteroatoms. The molecule has 0 rings (SSSR count). The van der Waals surface area contributed by atoms with Gasteiger partial charge in [0.1, 0.15) is 0 Å². The lowest BCUT2D eigenvalue weighted by Gasteiger charge is -1.70. The summed E-state index contributed by atoms with van der Waals surface area (Å²) in [6.45, 7) is 0. The van der Waals surface area contributed by atoms with Crippen LogP contribution in [0.25, 0.3) is 0 Å². The number of rotatable bonds is 0. The summed E-state index contributed by atoms with van der Waals surface area (Å²) in [5, 5.41) is 8.13. The molecule has 1 amide bonds. The molecule has 0 unspecified atom stereocenters. The Hall–Kier alpha value is -0.730. The smallest absolute Gasteiger partial charge is 0.547 e. The van der Waals surface area contributed by atoms with Crippen molar-refractivity contribution in [3.05, 3.63) is 0 Å². The molecule has 0 aliphatic carbocycles. The van der Waals surface area contributed by atoms with Gasteiger partial charge in [0.15, 0.2) is 0 Å². The first-order valence-corrected chi connectivity index (χ1v) is 1.20. The lowest BCUT2D eigenvalue weighted by Crippen LogP contribution is -2.13. The number of carbonyl (C=O) groups excluding carboxylic acids is 1. The number of hydrogen-bond donors (Lipinski definition) is 1. The number of carbonyl (C=O) groups is 1. The average Bonchev–Trinajstić information content (AvgIpc) is 1.38. The van der Waals surface area contributed by atoms with Gasteiger partial charge < -0.3 is 5.11 Å². The van der Waals surface area contributed by atoms with Crippen LogP contribution < -0.4 is 5.32 Å². The van der Waals surface area contributed by atoms with Crippen molar-refractivity contribution in [1.29, 1.82) is 0 Å². The van der Waals surface area contributed by atoms with E-state index in [1.165, 1.54) is 7.05 Å². The van der Waals surface area contributed by atoms with E-state index < -0.39 is 6.09 Å². The van der Waals surface area contributed by atoms with Gasteiger partial charge in [-0.1, -0.05) is 0 Å². The van der Waals surface area contributed by atoms with Crippen LogP contribution in [0.4, 0.5) is 4.79 Å². The van der Waals surface area contributed by atoms with Gasteiger partial charge in [0.25, 0.3) is 0 Å². The monoisotopic (exact) mass is 76.0 g/mol. The Bertz CT molecular complexity index is 42.9. The Labute approximate surface area is 29.6 Å². The van der Waals surface area contributed by atoms with Gasteiger partial charge in [0.2, 0.25) is 0 Å². The molecule has 0 spiro atoms. The van der Waals surface area contributed by atoms with E-state index in [9.17, 15) is 4.79 Å². The molecule has 0 heterocycles. The molecule has 0 aromatic rings. The van der Waals surface area contributed by atoms with Crippen LogP contribution in [0.1, 0.15) is 0 Å². The fourth-order valence-electron chi connectivity index (χ4n) is 0. The van der Waals surface area contributed by atoms with Gasteiger partial charge in [-0.05, 0) is 0 Å². The minimum atomic E-state index is -0.745. The lowest BCUT2D eigenvalue weighted by atomic mass is 11.1. The molecular weight excluding hydrogens is 70.0 g/mol. The van der Waals surface area contributed by atoms with Crippen molar-refractivity contribution < 1.29 is 9.90 Å². The third-order valence-corrected chi connectivity index (χ3v) is 0.227. The molecule has 0 aromatic carbocycles. The highest BCUT2D eigenvalue weighted by Crippen LogP contribution is 1.45. The molecule has 3 nitrogen and oxygen atoms in total. The zero-order valence-electron chi connectivity index (χ0n) is 2.91. The largest absolute Gasteiger partial charge is 0.626 e. The second-order valence-electron chi connectivity index (χ2n) is 0.579. The molecule has 0 saturated carbocycles. The minimum Gasteiger partial charge on any atom is -0.547 e. The first-order valence-electron chi connectivity index (χ1n) is 1.20. The topological polar surface area (TPSA) is 52.0 Å². The minimum absolute atomic E-state index is 0.745. The van der Waals surface area contributed by atoms with Crippen LogP contribution in [0, 0.1) is 0 Å². The van der Waals surface area contributed by atoms with Gasteiger partial charge in [-0.15, -0.1) is 0 Å². The van der Waals surface area contributed by atoms with Crippen molar-refractivity contribution in [1.82, 2.24) is 5.32 Å². The van der Waals surface area contributed by atoms with Crippen LogP contribution in [-0.2, 0) is 0 Å². The Morgan fingerprint density at radius 3 is 2.20 bits per heavy atom. The summed E-state index contributed by atoms with van der Waals surface area (Å²) in [5.41, 5.74) is 0. The molecule has 0 aromatic heterocycles. The molecule has 0 atom stereocenters. The maximum absolute atomic E-state index is 9.37. The van der Waals surface area contributed by atoms with Crippen LogP contribution in [-0.4, -0.2) is 18.2 Å². The highest BCUT2D eigenvalue weighted by atomic mass is 16.4. The summed E-state index contributed by atoms with van der Waals surface area (Å²) in [7, 11) is 1.41. The third kappa shape index (κ3) is 3.27. The van der Waals surface area contributed by atoms with Crippen LogP contribution in [0.2, 0.25) is 0 Å². The Kier molecular flexibility index (Phi) is 1.35. The maximum Gasteiger partial charge on any atom is 0.626 e. The number of nitrogens with one attached hydrogen (secondary N) is 1. The molecule has 0 saturated heterocycles. The van der Waals surface area contributed by atoms with Crippen molar-refractivity contribution >= 4 is 6.09 Å². The average molecular weight is 76.1 g/mol. The van der Waals surface area contributed by atoms with Gasteiger partial charge in [-0.25, -0.2) is 0 Å². The molecule has 3 N–H and O–H groups in total. The summed E-state index contributed by atoms with van der Waals surface area (Å²) < 4.78 is 0. The van der Waals surface area contributed by atoms with E-state index in [0.29, 0.717) is 0 Å². The summed E-state index contributed by atoms with van der Waals surface area (Å²) in [6, 6.07) is 0.